The van der Waals surface area contributed by atoms with Crippen LogP contribution in [0, 0.1) is 0 Å². The van der Waals surface area contributed by atoms with Gasteiger partial charge in [-0.15, -0.1) is 0 Å². The van der Waals surface area contributed by atoms with Crippen molar-refractivity contribution in [3.63, 3.8) is 0 Å². The Morgan fingerprint density at radius 3 is 2.76 bits per heavy atom. The van der Waals surface area contributed by atoms with Crippen molar-refractivity contribution in [3.8, 4) is 0 Å². The van der Waals surface area contributed by atoms with E-state index in [0.717, 1.165) is 0 Å². The molecule has 0 aromatic heterocycles. The molecule has 1 fully saturated rings. The van der Waals surface area contributed by atoms with E-state index >= 15 is 0 Å². The standard InChI is InChI=1S/C14H21N3O3S/c1-17(11-7-9-21(19,20)10-11)8-6-14(18)16-13-5-3-2-4-12(13)15/h2-5,11H,6-10,15H2,1H3,(H,16,18). The van der Waals surface area contributed by atoms with Gasteiger partial charge >= 0.3 is 0 Å². The van der Waals surface area contributed by atoms with Gasteiger partial charge in [0.15, 0.2) is 9.84 Å². The Kier molecular flexibility index (Phi) is 4.84. The van der Waals surface area contributed by atoms with Gasteiger partial charge < -0.3 is 16.0 Å². The highest BCUT2D eigenvalue weighted by Gasteiger charge is 2.30. The van der Waals surface area contributed by atoms with Gasteiger partial charge in [-0.1, -0.05) is 12.1 Å². The lowest BCUT2D eigenvalue weighted by molar-refractivity contribution is -0.116. The van der Waals surface area contributed by atoms with Crippen molar-refractivity contribution in [2.45, 2.75) is 18.9 Å². The normalized spacial score (nSPS) is 20.6. The van der Waals surface area contributed by atoms with Gasteiger partial charge in [-0.05, 0) is 25.6 Å². The molecular formula is C14H21N3O3S. The van der Waals surface area contributed by atoms with Gasteiger partial charge in [0.2, 0.25) is 5.91 Å². The minimum atomic E-state index is -2.89. The minimum absolute atomic E-state index is 0.0181. The molecule has 1 unspecified atom stereocenters. The van der Waals surface area contributed by atoms with Gasteiger partial charge in [0.25, 0.3) is 0 Å². The number of sulfone groups is 1. The van der Waals surface area contributed by atoms with Crippen LogP contribution in [0.4, 0.5) is 11.4 Å². The molecule has 6 nitrogen and oxygen atoms in total. The smallest absolute Gasteiger partial charge is 0.225 e. The lowest BCUT2D eigenvalue weighted by Gasteiger charge is -2.22. The first-order chi connectivity index (χ1) is 9.87. The number of nitrogens with two attached hydrogens (primary N) is 1. The number of hydrogen-bond acceptors (Lipinski definition) is 5. The number of benzene rings is 1. The van der Waals surface area contributed by atoms with E-state index in [1.807, 2.05) is 18.0 Å². The van der Waals surface area contributed by atoms with Gasteiger partial charge in [0, 0.05) is 19.0 Å². The maximum atomic E-state index is 11.9. The Morgan fingerprint density at radius 1 is 1.43 bits per heavy atom. The number of nitrogens with one attached hydrogen (secondary N) is 1. The van der Waals surface area contributed by atoms with Crippen LogP contribution in [-0.2, 0) is 14.6 Å². The Morgan fingerprint density at radius 2 is 2.14 bits per heavy atom. The Bertz CT molecular complexity index is 616. The summed E-state index contributed by atoms with van der Waals surface area (Å²) >= 11 is 0. The van der Waals surface area contributed by atoms with Crippen molar-refractivity contribution in [1.29, 1.82) is 0 Å². The summed E-state index contributed by atoms with van der Waals surface area (Å²) in [7, 11) is -1.04. The molecule has 0 spiro atoms. The fourth-order valence-corrected chi connectivity index (χ4v) is 4.21. The number of nitrogen functional groups attached to an aromatic ring is 1. The zero-order chi connectivity index (χ0) is 15.5. The van der Waals surface area contributed by atoms with Crippen molar-refractivity contribution in [2.75, 3.05) is 36.1 Å². The van der Waals surface area contributed by atoms with Crippen molar-refractivity contribution in [2.24, 2.45) is 0 Å². The average Bonchev–Trinajstić information content (AvgIpc) is 2.79. The number of nitrogens with zero attached hydrogens (tertiary/aromatic N) is 1. The first kappa shape index (κ1) is 15.8. The first-order valence-corrected chi connectivity index (χ1v) is 8.74. The second kappa shape index (κ2) is 6.44. The van der Waals surface area contributed by atoms with Crippen molar-refractivity contribution in [1.82, 2.24) is 4.90 Å². The molecule has 1 aromatic rings. The molecule has 0 bridgehead atoms. The van der Waals surface area contributed by atoms with Crippen LogP contribution >= 0.6 is 0 Å². The molecule has 1 amide bonds. The molecule has 0 aliphatic carbocycles. The van der Waals surface area contributed by atoms with Crippen LogP contribution in [0.15, 0.2) is 24.3 Å². The van der Waals surface area contributed by atoms with E-state index in [9.17, 15) is 13.2 Å². The number of para-hydroxylation sites is 2. The molecule has 1 atom stereocenters. The molecule has 0 radical (unpaired) electrons. The Hall–Kier alpha value is -1.60. The number of rotatable bonds is 5. The van der Waals surface area contributed by atoms with E-state index in [2.05, 4.69) is 5.32 Å². The Labute approximate surface area is 125 Å². The van der Waals surface area contributed by atoms with Crippen LogP contribution in [0.1, 0.15) is 12.8 Å². The molecule has 1 aliphatic rings. The topological polar surface area (TPSA) is 92.5 Å². The molecule has 1 saturated heterocycles. The maximum Gasteiger partial charge on any atom is 0.225 e. The third-order valence-corrected chi connectivity index (χ3v) is 5.51. The lowest BCUT2D eigenvalue weighted by atomic mass is 10.2. The molecule has 3 N–H and O–H groups in total. The SMILES string of the molecule is CN(CCC(=O)Nc1ccccc1N)C1CCS(=O)(=O)C1. The quantitative estimate of drug-likeness (QED) is 0.782. The summed E-state index contributed by atoms with van der Waals surface area (Å²) in [6, 6.07) is 7.11. The first-order valence-electron chi connectivity index (χ1n) is 6.92. The molecule has 1 heterocycles. The maximum absolute atomic E-state index is 11.9. The van der Waals surface area contributed by atoms with E-state index in [4.69, 9.17) is 5.73 Å². The van der Waals surface area contributed by atoms with Crippen molar-refractivity contribution < 1.29 is 13.2 Å². The predicted molar refractivity (Wildman–Crippen MR) is 83.8 cm³/mol. The highest BCUT2D eigenvalue weighted by Crippen LogP contribution is 2.18. The summed E-state index contributed by atoms with van der Waals surface area (Å²) in [5, 5.41) is 2.76. The van der Waals surface area contributed by atoms with E-state index in [1.54, 1.807) is 18.2 Å². The molecular weight excluding hydrogens is 290 g/mol. The molecule has 1 aliphatic heterocycles. The summed E-state index contributed by atoms with van der Waals surface area (Å²) < 4.78 is 22.9. The third kappa shape index (κ3) is 4.44. The highest BCUT2D eigenvalue weighted by atomic mass is 32.2. The molecule has 1 aromatic carbocycles. The monoisotopic (exact) mass is 311 g/mol. The van der Waals surface area contributed by atoms with Crippen molar-refractivity contribution in [3.05, 3.63) is 24.3 Å². The summed E-state index contributed by atoms with van der Waals surface area (Å²) in [6.45, 7) is 0.527. The highest BCUT2D eigenvalue weighted by molar-refractivity contribution is 7.91. The zero-order valence-electron chi connectivity index (χ0n) is 12.1. The molecule has 116 valence electrons. The van der Waals surface area contributed by atoms with Gasteiger partial charge in [0.1, 0.15) is 0 Å². The van der Waals surface area contributed by atoms with Gasteiger partial charge in [0.05, 0.1) is 22.9 Å². The Balaban J connectivity index is 1.80. The van der Waals surface area contributed by atoms with Crippen molar-refractivity contribution >= 4 is 27.1 Å². The zero-order valence-corrected chi connectivity index (χ0v) is 12.9. The number of carbonyl (C=O) groups excluding carboxylic acids is 1. The van der Waals surface area contributed by atoms with E-state index in [1.165, 1.54) is 0 Å². The lowest BCUT2D eigenvalue weighted by Crippen LogP contribution is -2.35. The summed E-state index contributed by atoms with van der Waals surface area (Å²) in [4.78, 5) is 13.8. The number of carbonyl (C=O) groups is 1. The van der Waals surface area contributed by atoms with Crippen LogP contribution in [0.25, 0.3) is 0 Å². The largest absolute Gasteiger partial charge is 0.397 e. The summed E-state index contributed by atoms with van der Waals surface area (Å²) in [5.41, 5.74) is 6.90. The van der Waals surface area contributed by atoms with E-state index < -0.39 is 9.84 Å². The van der Waals surface area contributed by atoms with Crippen LogP contribution in [0.3, 0.4) is 0 Å². The fourth-order valence-electron chi connectivity index (χ4n) is 2.41. The van der Waals surface area contributed by atoms with Gasteiger partial charge in [-0.2, -0.15) is 0 Å². The average molecular weight is 311 g/mol. The summed E-state index contributed by atoms with van der Waals surface area (Å²) in [6.07, 6.45) is 0.952. The van der Waals surface area contributed by atoms with Gasteiger partial charge in [-0.3, -0.25) is 4.79 Å². The van der Waals surface area contributed by atoms with Crippen LogP contribution < -0.4 is 11.1 Å². The molecule has 0 saturated carbocycles. The third-order valence-electron chi connectivity index (χ3n) is 3.76. The fraction of sp³-hybridized carbons (Fsp3) is 0.500. The van der Waals surface area contributed by atoms with Crippen LogP contribution in [0.5, 0.6) is 0 Å². The second-order valence-corrected chi connectivity index (χ2v) is 7.65. The second-order valence-electron chi connectivity index (χ2n) is 5.42. The molecule has 21 heavy (non-hydrogen) atoms. The van der Waals surface area contributed by atoms with Crippen LogP contribution in [0.2, 0.25) is 0 Å². The van der Waals surface area contributed by atoms with E-state index in [0.29, 0.717) is 30.8 Å². The minimum Gasteiger partial charge on any atom is -0.397 e. The predicted octanol–water partition coefficient (Wildman–Crippen LogP) is 0.716. The van der Waals surface area contributed by atoms with Gasteiger partial charge in [-0.25, -0.2) is 8.42 Å². The van der Waals surface area contributed by atoms with Crippen LogP contribution in [-0.4, -0.2) is 50.4 Å². The molecule has 2 rings (SSSR count). The molecule has 7 heteroatoms. The summed E-state index contributed by atoms with van der Waals surface area (Å²) in [5.74, 6) is 0.312. The van der Waals surface area contributed by atoms with E-state index in [-0.39, 0.29) is 23.5 Å². The number of hydrogen-bond donors (Lipinski definition) is 2. The number of anilines is 2. The number of amides is 1.